The minimum absolute atomic E-state index is 0.0889. The molecule has 0 saturated carbocycles. The summed E-state index contributed by atoms with van der Waals surface area (Å²) in [7, 11) is 3.57. The van der Waals surface area contributed by atoms with Crippen LogP contribution in [0.4, 0.5) is 0 Å². The predicted molar refractivity (Wildman–Crippen MR) is 92.5 cm³/mol. The highest BCUT2D eigenvalue weighted by Gasteiger charge is 2.30. The Bertz CT molecular complexity index is 710. The molecule has 1 heterocycles. The third-order valence-corrected chi connectivity index (χ3v) is 4.82. The van der Waals surface area contributed by atoms with Gasteiger partial charge in [0, 0.05) is 19.5 Å². The molecule has 0 aromatic heterocycles. The third kappa shape index (κ3) is 3.32. The molecular formula is C19H24N2O2. The number of ether oxygens (including phenoxy) is 1. The van der Waals surface area contributed by atoms with E-state index in [1.165, 1.54) is 5.39 Å². The topological polar surface area (TPSA) is 41.6 Å². The number of carbonyl (C=O) groups excluding carboxylic acids is 1. The van der Waals surface area contributed by atoms with E-state index < -0.39 is 0 Å². The standard InChI is InChI=1S/C19H24N2O2/c1-13(17-10-20-11-17)19(22)21(2)12-14-4-5-16-9-18(23-3)7-6-15(16)8-14/h4-9,13,17,20H,10-12H2,1-3H3. The summed E-state index contributed by atoms with van der Waals surface area (Å²) in [6.07, 6.45) is 0. The molecule has 0 spiro atoms. The first-order chi connectivity index (χ1) is 11.1. The Morgan fingerprint density at radius 2 is 1.96 bits per heavy atom. The molecule has 0 aliphatic carbocycles. The summed E-state index contributed by atoms with van der Waals surface area (Å²) in [5.74, 6) is 1.66. The van der Waals surface area contributed by atoms with Crippen LogP contribution in [0.5, 0.6) is 5.75 Å². The van der Waals surface area contributed by atoms with Gasteiger partial charge in [-0.1, -0.05) is 25.1 Å². The van der Waals surface area contributed by atoms with Gasteiger partial charge in [0.15, 0.2) is 0 Å². The van der Waals surface area contributed by atoms with E-state index in [2.05, 4.69) is 29.6 Å². The molecule has 23 heavy (non-hydrogen) atoms. The maximum atomic E-state index is 12.5. The summed E-state index contributed by atoms with van der Waals surface area (Å²) < 4.78 is 5.26. The zero-order chi connectivity index (χ0) is 16.4. The highest BCUT2D eigenvalue weighted by molar-refractivity contribution is 5.85. The van der Waals surface area contributed by atoms with Crippen molar-refractivity contribution in [3.63, 3.8) is 0 Å². The van der Waals surface area contributed by atoms with E-state index in [9.17, 15) is 4.79 Å². The minimum Gasteiger partial charge on any atom is -0.497 e. The van der Waals surface area contributed by atoms with Gasteiger partial charge in [-0.25, -0.2) is 0 Å². The first-order valence-electron chi connectivity index (χ1n) is 8.11. The predicted octanol–water partition coefficient (Wildman–Crippen LogP) is 2.66. The van der Waals surface area contributed by atoms with Crippen LogP contribution in [0.25, 0.3) is 10.8 Å². The first kappa shape index (κ1) is 15.8. The molecule has 2 aromatic rings. The van der Waals surface area contributed by atoms with E-state index in [1.54, 1.807) is 7.11 Å². The lowest BCUT2D eigenvalue weighted by Gasteiger charge is -2.34. The van der Waals surface area contributed by atoms with Gasteiger partial charge in [0.25, 0.3) is 0 Å². The summed E-state index contributed by atoms with van der Waals surface area (Å²) in [6.45, 7) is 4.60. The van der Waals surface area contributed by atoms with Crippen LogP contribution in [0.2, 0.25) is 0 Å². The van der Waals surface area contributed by atoms with E-state index >= 15 is 0 Å². The van der Waals surface area contributed by atoms with E-state index in [4.69, 9.17) is 4.74 Å². The van der Waals surface area contributed by atoms with Crippen LogP contribution in [0, 0.1) is 11.8 Å². The van der Waals surface area contributed by atoms with Gasteiger partial charge in [0.2, 0.25) is 5.91 Å². The quantitative estimate of drug-likeness (QED) is 0.923. The van der Waals surface area contributed by atoms with Crippen LogP contribution in [0.1, 0.15) is 12.5 Å². The molecule has 1 saturated heterocycles. The lowest BCUT2D eigenvalue weighted by atomic mass is 9.88. The van der Waals surface area contributed by atoms with E-state index in [0.29, 0.717) is 12.5 Å². The van der Waals surface area contributed by atoms with E-state index in [-0.39, 0.29) is 11.8 Å². The van der Waals surface area contributed by atoms with Crippen LogP contribution in [-0.4, -0.2) is 38.1 Å². The Morgan fingerprint density at radius 3 is 2.61 bits per heavy atom. The lowest BCUT2D eigenvalue weighted by molar-refractivity contribution is -0.136. The number of nitrogens with one attached hydrogen (secondary N) is 1. The summed E-state index contributed by atoms with van der Waals surface area (Å²) in [4.78, 5) is 14.4. The second-order valence-corrected chi connectivity index (χ2v) is 6.45. The number of amides is 1. The van der Waals surface area contributed by atoms with Crippen LogP contribution in [0.3, 0.4) is 0 Å². The summed E-state index contributed by atoms with van der Waals surface area (Å²) in [6, 6.07) is 12.4. The average Bonchev–Trinajstić information content (AvgIpc) is 2.51. The van der Waals surface area contributed by atoms with Crippen molar-refractivity contribution in [2.45, 2.75) is 13.5 Å². The second kappa shape index (κ2) is 6.59. The van der Waals surface area contributed by atoms with Crippen molar-refractivity contribution in [3.05, 3.63) is 42.0 Å². The Balaban J connectivity index is 1.71. The van der Waals surface area contributed by atoms with Gasteiger partial charge in [-0.2, -0.15) is 0 Å². The van der Waals surface area contributed by atoms with Gasteiger partial charge in [-0.15, -0.1) is 0 Å². The minimum atomic E-state index is 0.0889. The molecule has 0 bridgehead atoms. The molecule has 4 heteroatoms. The first-order valence-corrected chi connectivity index (χ1v) is 8.11. The Labute approximate surface area is 137 Å². The largest absolute Gasteiger partial charge is 0.497 e. The molecule has 4 nitrogen and oxygen atoms in total. The fraction of sp³-hybridized carbons (Fsp3) is 0.421. The van der Waals surface area contributed by atoms with Gasteiger partial charge < -0.3 is 15.0 Å². The van der Waals surface area contributed by atoms with Gasteiger partial charge in [0.1, 0.15) is 5.75 Å². The number of methoxy groups -OCH3 is 1. The molecule has 1 amide bonds. The zero-order valence-electron chi connectivity index (χ0n) is 14.0. The monoisotopic (exact) mass is 312 g/mol. The molecule has 122 valence electrons. The van der Waals surface area contributed by atoms with E-state index in [0.717, 1.165) is 29.8 Å². The highest BCUT2D eigenvalue weighted by atomic mass is 16.5. The van der Waals surface area contributed by atoms with Crippen LogP contribution in [0.15, 0.2) is 36.4 Å². The van der Waals surface area contributed by atoms with Crippen molar-refractivity contribution < 1.29 is 9.53 Å². The number of carbonyl (C=O) groups is 1. The molecule has 1 N–H and O–H groups in total. The van der Waals surface area contributed by atoms with Crippen molar-refractivity contribution >= 4 is 16.7 Å². The average molecular weight is 312 g/mol. The zero-order valence-corrected chi connectivity index (χ0v) is 14.0. The Hall–Kier alpha value is -2.07. The summed E-state index contributed by atoms with van der Waals surface area (Å²) >= 11 is 0. The maximum Gasteiger partial charge on any atom is 0.225 e. The molecule has 1 aliphatic rings. The van der Waals surface area contributed by atoms with E-state index in [1.807, 2.05) is 31.0 Å². The number of nitrogens with zero attached hydrogens (tertiary/aromatic N) is 1. The number of fused-ring (bicyclic) bond motifs is 1. The lowest BCUT2D eigenvalue weighted by Crippen LogP contribution is -2.49. The van der Waals surface area contributed by atoms with Crippen LogP contribution < -0.4 is 10.1 Å². The fourth-order valence-corrected chi connectivity index (χ4v) is 3.06. The van der Waals surface area contributed by atoms with Gasteiger partial charge in [-0.3, -0.25) is 4.79 Å². The molecule has 1 atom stereocenters. The highest BCUT2D eigenvalue weighted by Crippen LogP contribution is 2.23. The molecule has 1 unspecified atom stereocenters. The molecule has 1 aliphatic heterocycles. The number of hydrogen-bond donors (Lipinski definition) is 1. The van der Waals surface area contributed by atoms with Crippen molar-refractivity contribution in [1.29, 1.82) is 0 Å². The normalized spacial score (nSPS) is 16.0. The number of benzene rings is 2. The number of hydrogen-bond acceptors (Lipinski definition) is 3. The molecule has 2 aromatic carbocycles. The second-order valence-electron chi connectivity index (χ2n) is 6.45. The van der Waals surface area contributed by atoms with Gasteiger partial charge in [0.05, 0.1) is 7.11 Å². The third-order valence-electron chi connectivity index (χ3n) is 4.82. The van der Waals surface area contributed by atoms with Crippen molar-refractivity contribution in [3.8, 4) is 5.75 Å². The van der Waals surface area contributed by atoms with Crippen molar-refractivity contribution in [2.75, 3.05) is 27.2 Å². The maximum absolute atomic E-state index is 12.5. The SMILES string of the molecule is COc1ccc2cc(CN(C)C(=O)C(C)C3CNC3)ccc2c1. The molecule has 1 fully saturated rings. The van der Waals surface area contributed by atoms with Crippen LogP contribution >= 0.6 is 0 Å². The van der Waals surface area contributed by atoms with Gasteiger partial charge in [-0.05, 0) is 53.5 Å². The molecular weight excluding hydrogens is 288 g/mol. The van der Waals surface area contributed by atoms with Gasteiger partial charge >= 0.3 is 0 Å². The Morgan fingerprint density at radius 1 is 1.26 bits per heavy atom. The summed E-state index contributed by atoms with van der Waals surface area (Å²) in [5, 5.41) is 5.55. The molecule has 3 rings (SSSR count). The van der Waals surface area contributed by atoms with Crippen molar-refractivity contribution in [1.82, 2.24) is 10.2 Å². The Kier molecular flexibility index (Phi) is 4.53. The number of rotatable bonds is 5. The van der Waals surface area contributed by atoms with Crippen LogP contribution in [-0.2, 0) is 11.3 Å². The fourth-order valence-electron chi connectivity index (χ4n) is 3.06. The molecule has 0 radical (unpaired) electrons. The van der Waals surface area contributed by atoms with Crippen molar-refractivity contribution in [2.24, 2.45) is 11.8 Å². The smallest absolute Gasteiger partial charge is 0.225 e. The summed E-state index contributed by atoms with van der Waals surface area (Å²) in [5.41, 5.74) is 1.15.